The van der Waals surface area contributed by atoms with Crippen molar-refractivity contribution in [1.82, 2.24) is 19.6 Å². The molecule has 0 unspecified atom stereocenters. The van der Waals surface area contributed by atoms with Crippen LogP contribution in [0.15, 0.2) is 30.5 Å². The minimum absolute atomic E-state index is 0.0360. The molecule has 1 N–H and O–H groups in total. The van der Waals surface area contributed by atoms with Crippen molar-refractivity contribution >= 4 is 34.9 Å². The zero-order valence-corrected chi connectivity index (χ0v) is 15.6. The van der Waals surface area contributed by atoms with Gasteiger partial charge in [0.1, 0.15) is 12.4 Å². The Bertz CT molecular complexity index is 966. The number of halogens is 3. The predicted molar refractivity (Wildman–Crippen MR) is 98.1 cm³/mol. The molecule has 2 aromatic heterocycles. The molecule has 1 amide bonds. The number of aryl methyl sites for hydroxylation is 1. The molecule has 6 nitrogen and oxygen atoms in total. The van der Waals surface area contributed by atoms with Crippen LogP contribution < -0.4 is 5.32 Å². The largest absolute Gasteiger partial charge is 0.308 e. The topological polar surface area (TPSA) is 64.7 Å². The van der Waals surface area contributed by atoms with Gasteiger partial charge in [-0.1, -0.05) is 29.3 Å². The fourth-order valence-corrected chi connectivity index (χ4v) is 2.81. The Kier molecular flexibility index (Phi) is 5.29. The third-order valence-corrected chi connectivity index (χ3v) is 4.64. The predicted octanol–water partition coefficient (Wildman–Crippen LogP) is 3.83. The molecule has 0 bridgehead atoms. The van der Waals surface area contributed by atoms with Gasteiger partial charge in [0.25, 0.3) is 0 Å². The molecular weight excluding hydrogens is 380 g/mol. The number of carbonyl (C=O) groups excluding carboxylic acids is 1. The fourth-order valence-electron chi connectivity index (χ4n) is 2.44. The minimum atomic E-state index is -0.391. The maximum atomic E-state index is 13.2. The van der Waals surface area contributed by atoms with Crippen molar-refractivity contribution in [3.8, 4) is 0 Å². The Morgan fingerprint density at radius 3 is 2.62 bits per heavy atom. The van der Waals surface area contributed by atoms with Crippen molar-refractivity contribution in [2.24, 2.45) is 0 Å². The SMILES string of the molecule is Cc1cc(NC(=O)Cn2ncc(Cl)c2C)nn1Cc1ccc(F)cc1Cl. The Hall–Kier alpha value is -2.38. The normalized spacial score (nSPS) is 11.0. The Balaban J connectivity index is 1.69. The molecule has 0 spiro atoms. The minimum Gasteiger partial charge on any atom is -0.308 e. The molecule has 0 fully saturated rings. The van der Waals surface area contributed by atoms with Crippen LogP contribution in [0.25, 0.3) is 0 Å². The number of nitrogens with zero attached hydrogens (tertiary/aromatic N) is 4. The second-order valence-electron chi connectivity index (χ2n) is 5.85. The maximum Gasteiger partial charge on any atom is 0.247 e. The molecular formula is C17H16Cl2FN5O. The molecule has 0 aliphatic rings. The van der Waals surface area contributed by atoms with E-state index in [2.05, 4.69) is 15.5 Å². The first kappa shape index (κ1) is 18.4. The number of amides is 1. The molecule has 3 aromatic rings. The van der Waals surface area contributed by atoms with Gasteiger partial charge >= 0.3 is 0 Å². The van der Waals surface area contributed by atoms with E-state index in [-0.39, 0.29) is 12.5 Å². The molecule has 2 heterocycles. The lowest BCUT2D eigenvalue weighted by molar-refractivity contribution is -0.117. The van der Waals surface area contributed by atoms with E-state index in [1.807, 2.05) is 6.92 Å². The number of nitrogens with one attached hydrogen (secondary N) is 1. The van der Waals surface area contributed by atoms with E-state index in [1.165, 1.54) is 23.0 Å². The van der Waals surface area contributed by atoms with Crippen molar-refractivity contribution in [1.29, 1.82) is 0 Å². The van der Waals surface area contributed by atoms with E-state index in [0.29, 0.717) is 22.4 Å². The average molecular weight is 396 g/mol. The first-order chi connectivity index (χ1) is 12.3. The molecule has 0 saturated carbocycles. The van der Waals surface area contributed by atoms with Gasteiger partial charge in [0, 0.05) is 16.8 Å². The van der Waals surface area contributed by atoms with Crippen molar-refractivity contribution < 1.29 is 9.18 Å². The fraction of sp³-hybridized carbons (Fsp3) is 0.235. The number of anilines is 1. The number of hydrogen-bond acceptors (Lipinski definition) is 3. The Labute approximate surface area is 159 Å². The highest BCUT2D eigenvalue weighted by Crippen LogP contribution is 2.20. The van der Waals surface area contributed by atoms with Gasteiger partial charge in [0.2, 0.25) is 5.91 Å². The lowest BCUT2D eigenvalue weighted by Gasteiger charge is -2.07. The van der Waals surface area contributed by atoms with Crippen LogP contribution in [0.4, 0.5) is 10.2 Å². The molecule has 0 saturated heterocycles. The van der Waals surface area contributed by atoms with Crippen molar-refractivity contribution in [3.05, 3.63) is 63.3 Å². The summed E-state index contributed by atoms with van der Waals surface area (Å²) in [6.07, 6.45) is 1.50. The van der Waals surface area contributed by atoms with Crippen LogP contribution in [-0.2, 0) is 17.9 Å². The monoisotopic (exact) mass is 395 g/mol. The van der Waals surface area contributed by atoms with Crippen LogP contribution >= 0.6 is 23.2 Å². The van der Waals surface area contributed by atoms with Gasteiger partial charge in [-0.15, -0.1) is 0 Å². The van der Waals surface area contributed by atoms with Gasteiger partial charge in [-0.3, -0.25) is 14.2 Å². The van der Waals surface area contributed by atoms with Gasteiger partial charge in [-0.2, -0.15) is 10.2 Å². The zero-order valence-electron chi connectivity index (χ0n) is 14.1. The summed E-state index contributed by atoms with van der Waals surface area (Å²) in [5.74, 6) is -0.239. The van der Waals surface area contributed by atoms with Crippen LogP contribution in [0, 0.1) is 19.7 Å². The second kappa shape index (κ2) is 7.47. The van der Waals surface area contributed by atoms with E-state index in [9.17, 15) is 9.18 Å². The van der Waals surface area contributed by atoms with Crippen molar-refractivity contribution in [2.45, 2.75) is 26.9 Å². The van der Waals surface area contributed by atoms with E-state index in [0.717, 1.165) is 17.0 Å². The van der Waals surface area contributed by atoms with Gasteiger partial charge in [0.15, 0.2) is 5.82 Å². The Morgan fingerprint density at radius 2 is 1.96 bits per heavy atom. The maximum absolute atomic E-state index is 13.2. The molecule has 136 valence electrons. The van der Waals surface area contributed by atoms with Crippen LogP contribution in [0.5, 0.6) is 0 Å². The third kappa shape index (κ3) is 4.05. The third-order valence-electron chi connectivity index (χ3n) is 3.92. The first-order valence-corrected chi connectivity index (χ1v) is 8.55. The average Bonchev–Trinajstić information content (AvgIpc) is 3.06. The summed E-state index contributed by atoms with van der Waals surface area (Å²) in [4.78, 5) is 12.2. The van der Waals surface area contributed by atoms with Gasteiger partial charge in [-0.25, -0.2) is 4.39 Å². The second-order valence-corrected chi connectivity index (χ2v) is 6.66. The zero-order chi connectivity index (χ0) is 18.8. The van der Waals surface area contributed by atoms with E-state index in [1.54, 1.807) is 23.7 Å². The summed E-state index contributed by atoms with van der Waals surface area (Å²) in [5.41, 5.74) is 2.28. The van der Waals surface area contributed by atoms with E-state index in [4.69, 9.17) is 23.2 Å². The van der Waals surface area contributed by atoms with Gasteiger partial charge < -0.3 is 5.32 Å². The highest BCUT2D eigenvalue weighted by atomic mass is 35.5. The molecule has 3 rings (SSSR count). The molecule has 9 heteroatoms. The molecule has 0 radical (unpaired) electrons. The number of benzene rings is 1. The first-order valence-electron chi connectivity index (χ1n) is 7.79. The number of aromatic nitrogens is 4. The van der Waals surface area contributed by atoms with Crippen LogP contribution in [0.1, 0.15) is 17.0 Å². The highest BCUT2D eigenvalue weighted by molar-refractivity contribution is 6.31. The molecule has 26 heavy (non-hydrogen) atoms. The standard InChI is InChI=1S/C17H16Cl2FN5O/c1-10-5-16(22-17(26)9-25-11(2)15(19)7-21-25)23-24(10)8-12-3-4-13(20)6-14(12)18/h3-7H,8-9H2,1-2H3,(H,22,23,26). The number of rotatable bonds is 5. The quantitative estimate of drug-likeness (QED) is 0.713. The Morgan fingerprint density at radius 1 is 1.19 bits per heavy atom. The summed E-state index contributed by atoms with van der Waals surface area (Å²) in [7, 11) is 0. The van der Waals surface area contributed by atoms with Crippen LogP contribution in [-0.4, -0.2) is 25.5 Å². The van der Waals surface area contributed by atoms with Crippen LogP contribution in [0.2, 0.25) is 10.0 Å². The molecule has 0 aliphatic carbocycles. The molecule has 1 aromatic carbocycles. The highest BCUT2D eigenvalue weighted by Gasteiger charge is 2.12. The number of carbonyl (C=O) groups is 1. The van der Waals surface area contributed by atoms with Gasteiger partial charge in [-0.05, 0) is 31.5 Å². The lowest BCUT2D eigenvalue weighted by atomic mass is 10.2. The van der Waals surface area contributed by atoms with E-state index < -0.39 is 5.82 Å². The summed E-state index contributed by atoms with van der Waals surface area (Å²) in [6, 6.07) is 5.97. The van der Waals surface area contributed by atoms with Gasteiger partial charge in [0.05, 0.1) is 23.5 Å². The molecule has 0 aliphatic heterocycles. The van der Waals surface area contributed by atoms with E-state index >= 15 is 0 Å². The summed E-state index contributed by atoms with van der Waals surface area (Å²) in [5, 5.41) is 12.0. The van der Waals surface area contributed by atoms with Crippen molar-refractivity contribution in [2.75, 3.05) is 5.32 Å². The smallest absolute Gasteiger partial charge is 0.247 e. The lowest BCUT2D eigenvalue weighted by Crippen LogP contribution is -2.20. The van der Waals surface area contributed by atoms with Crippen LogP contribution in [0.3, 0.4) is 0 Å². The summed E-state index contributed by atoms with van der Waals surface area (Å²) >= 11 is 12.0. The summed E-state index contributed by atoms with van der Waals surface area (Å²) < 4.78 is 16.4. The summed E-state index contributed by atoms with van der Waals surface area (Å²) in [6.45, 7) is 4.05. The number of hydrogen-bond donors (Lipinski definition) is 1. The van der Waals surface area contributed by atoms with Crippen molar-refractivity contribution in [3.63, 3.8) is 0 Å². The molecule has 0 atom stereocenters.